The van der Waals surface area contributed by atoms with Crippen LogP contribution in [0, 0.1) is 0 Å². The third-order valence-electron chi connectivity index (χ3n) is 4.95. The number of carbonyl (C=O) groups is 1. The van der Waals surface area contributed by atoms with Gasteiger partial charge in [0, 0.05) is 36.3 Å². The molecule has 0 radical (unpaired) electrons. The molecule has 0 amide bonds. The Morgan fingerprint density at radius 2 is 2.21 bits per heavy atom. The lowest BCUT2D eigenvalue weighted by Crippen LogP contribution is -2.48. The number of nitrogens with zero attached hydrogens (tertiary/aromatic N) is 2. The molecule has 1 fully saturated rings. The van der Waals surface area contributed by atoms with Crippen molar-refractivity contribution in [2.75, 3.05) is 20.2 Å². The number of benzene rings is 1. The summed E-state index contributed by atoms with van der Waals surface area (Å²) in [6.45, 7) is 1.73. The first-order valence-electron chi connectivity index (χ1n) is 9.21. The molecule has 1 aliphatic rings. The highest BCUT2D eigenvalue weighted by Gasteiger charge is 2.30. The Bertz CT molecular complexity index is 965. The molecule has 7 heteroatoms. The third kappa shape index (κ3) is 3.85. The normalized spacial score (nSPS) is 20.2. The van der Waals surface area contributed by atoms with Crippen LogP contribution >= 0.6 is 0 Å². The van der Waals surface area contributed by atoms with E-state index < -0.39 is 12.1 Å². The van der Waals surface area contributed by atoms with Crippen molar-refractivity contribution in [3.63, 3.8) is 0 Å². The highest BCUT2D eigenvalue weighted by Crippen LogP contribution is 2.28. The van der Waals surface area contributed by atoms with E-state index in [4.69, 9.17) is 9.15 Å². The van der Waals surface area contributed by atoms with Gasteiger partial charge in [0.2, 0.25) is 5.76 Å². The summed E-state index contributed by atoms with van der Waals surface area (Å²) in [7, 11) is 1.32. The first kappa shape index (κ1) is 18.5. The number of aromatic nitrogens is 1. The zero-order valence-corrected chi connectivity index (χ0v) is 15.6. The Hall–Kier alpha value is -2.90. The van der Waals surface area contributed by atoms with Crippen molar-refractivity contribution in [1.82, 2.24) is 9.88 Å². The van der Waals surface area contributed by atoms with Crippen LogP contribution in [0.1, 0.15) is 22.7 Å². The fraction of sp³-hybridized carbons (Fsp3) is 0.333. The second kappa shape index (κ2) is 8.00. The lowest BCUT2D eigenvalue weighted by atomic mass is 10.0. The summed E-state index contributed by atoms with van der Waals surface area (Å²) < 4.78 is 16.3. The number of rotatable bonds is 5. The fourth-order valence-electron chi connectivity index (χ4n) is 3.51. The molecule has 1 aromatic carbocycles. The van der Waals surface area contributed by atoms with Gasteiger partial charge < -0.3 is 19.0 Å². The van der Waals surface area contributed by atoms with Crippen LogP contribution in [0.15, 0.2) is 53.2 Å². The molecular formula is C21H22N2O5. The first-order chi connectivity index (χ1) is 13.6. The van der Waals surface area contributed by atoms with Gasteiger partial charge in [-0.3, -0.25) is 9.88 Å². The second-order valence-electron chi connectivity index (χ2n) is 6.86. The average molecular weight is 382 g/mol. The number of ether oxygens (including phenoxy) is 2. The molecule has 1 saturated heterocycles. The Morgan fingerprint density at radius 3 is 3.04 bits per heavy atom. The maximum Gasteiger partial charge on any atom is 0.373 e. The molecule has 2 aromatic heterocycles. The number of hydrogen-bond donors (Lipinski definition) is 1. The Balaban J connectivity index is 1.38. The summed E-state index contributed by atoms with van der Waals surface area (Å²) in [5.41, 5.74) is 0. The Labute approximate surface area is 162 Å². The van der Waals surface area contributed by atoms with E-state index in [9.17, 15) is 9.90 Å². The largest absolute Gasteiger partial charge is 0.487 e. The predicted molar refractivity (Wildman–Crippen MR) is 102 cm³/mol. The van der Waals surface area contributed by atoms with Crippen LogP contribution in [-0.4, -0.2) is 53.4 Å². The number of fused-ring (bicyclic) bond motifs is 1. The Kier molecular flexibility index (Phi) is 5.27. The van der Waals surface area contributed by atoms with Crippen LogP contribution in [-0.2, 0) is 11.3 Å². The maximum atomic E-state index is 11.5. The molecule has 146 valence electrons. The van der Waals surface area contributed by atoms with Gasteiger partial charge in [0.1, 0.15) is 23.7 Å². The minimum Gasteiger partial charge on any atom is -0.487 e. The van der Waals surface area contributed by atoms with Gasteiger partial charge in [0.05, 0.1) is 13.7 Å². The van der Waals surface area contributed by atoms with Crippen molar-refractivity contribution in [2.24, 2.45) is 0 Å². The molecule has 28 heavy (non-hydrogen) atoms. The molecule has 0 bridgehead atoms. The quantitative estimate of drug-likeness (QED) is 0.679. The number of pyridine rings is 1. The summed E-state index contributed by atoms with van der Waals surface area (Å²) in [5.74, 6) is 1.10. The highest BCUT2D eigenvalue weighted by atomic mass is 16.5. The lowest BCUT2D eigenvalue weighted by Gasteiger charge is -2.35. The number of aliphatic hydroxyl groups excluding tert-OH is 1. The summed E-state index contributed by atoms with van der Waals surface area (Å²) >= 11 is 0. The minimum absolute atomic E-state index is 0.182. The molecule has 0 saturated carbocycles. The first-order valence-corrected chi connectivity index (χ1v) is 9.21. The number of carbonyl (C=O) groups excluding carboxylic acids is 1. The standard InChI is InChI=1S/C21H22N2O5/c1-26-21(25)20-6-5-15(27-20)12-23-10-8-19(17(24)13-23)28-18-4-2-3-14-11-22-9-7-16(14)18/h2-7,9,11,17,19,24H,8,10,12-13H2,1H3/t17-,19-/m1/s1. The van der Waals surface area contributed by atoms with E-state index in [1.165, 1.54) is 7.11 Å². The topological polar surface area (TPSA) is 85.0 Å². The SMILES string of the molecule is COC(=O)c1ccc(CN2CC[C@@H](Oc3cccc4cnccc34)[C@H](O)C2)o1. The lowest BCUT2D eigenvalue weighted by molar-refractivity contribution is -0.0284. The van der Waals surface area contributed by atoms with Gasteiger partial charge in [-0.05, 0) is 30.7 Å². The number of β-amino-alcohol motifs (C(OH)–C–C–N with tert-alkyl or cyclic N) is 1. The van der Waals surface area contributed by atoms with Crippen LogP contribution < -0.4 is 4.74 Å². The van der Waals surface area contributed by atoms with Crippen molar-refractivity contribution in [3.8, 4) is 5.75 Å². The minimum atomic E-state index is -0.624. The van der Waals surface area contributed by atoms with Crippen LogP contribution in [0.2, 0.25) is 0 Å². The van der Waals surface area contributed by atoms with E-state index in [0.717, 1.165) is 23.1 Å². The molecule has 0 spiro atoms. The molecule has 7 nitrogen and oxygen atoms in total. The molecule has 0 aliphatic carbocycles. The third-order valence-corrected chi connectivity index (χ3v) is 4.95. The smallest absolute Gasteiger partial charge is 0.373 e. The fourth-order valence-corrected chi connectivity index (χ4v) is 3.51. The van der Waals surface area contributed by atoms with Gasteiger partial charge in [0.15, 0.2) is 0 Å². The van der Waals surface area contributed by atoms with Crippen molar-refractivity contribution < 1.29 is 23.8 Å². The van der Waals surface area contributed by atoms with Gasteiger partial charge in [-0.25, -0.2) is 4.79 Å². The van der Waals surface area contributed by atoms with Crippen LogP contribution in [0.25, 0.3) is 10.8 Å². The van der Waals surface area contributed by atoms with Crippen molar-refractivity contribution >= 4 is 16.7 Å². The summed E-state index contributed by atoms with van der Waals surface area (Å²) in [6, 6.07) is 11.1. The van der Waals surface area contributed by atoms with Gasteiger partial charge in [-0.15, -0.1) is 0 Å². The zero-order valence-electron chi connectivity index (χ0n) is 15.6. The van der Waals surface area contributed by atoms with Gasteiger partial charge in [-0.2, -0.15) is 0 Å². The number of aliphatic hydroxyl groups is 1. The number of piperidine rings is 1. The van der Waals surface area contributed by atoms with E-state index >= 15 is 0 Å². The molecular weight excluding hydrogens is 360 g/mol. The molecule has 4 rings (SSSR count). The molecule has 1 aliphatic heterocycles. The molecule has 2 atom stereocenters. The monoisotopic (exact) mass is 382 g/mol. The number of esters is 1. The molecule has 1 N–H and O–H groups in total. The van der Waals surface area contributed by atoms with Crippen molar-refractivity contribution in [3.05, 3.63) is 60.3 Å². The van der Waals surface area contributed by atoms with Crippen LogP contribution in [0.4, 0.5) is 0 Å². The second-order valence-corrected chi connectivity index (χ2v) is 6.86. The predicted octanol–water partition coefficient (Wildman–Crippen LogP) is 2.63. The van der Waals surface area contributed by atoms with E-state index in [-0.39, 0.29) is 11.9 Å². The van der Waals surface area contributed by atoms with Gasteiger partial charge >= 0.3 is 5.97 Å². The number of furan rings is 1. The van der Waals surface area contributed by atoms with E-state index in [1.807, 2.05) is 24.3 Å². The Morgan fingerprint density at radius 1 is 1.32 bits per heavy atom. The molecule has 0 unspecified atom stereocenters. The summed E-state index contributed by atoms with van der Waals surface area (Å²) in [6.07, 6.45) is 3.32. The summed E-state index contributed by atoms with van der Waals surface area (Å²) in [5, 5.41) is 12.6. The number of likely N-dealkylation sites (tertiary alicyclic amines) is 1. The van der Waals surface area contributed by atoms with E-state index in [1.54, 1.807) is 24.5 Å². The van der Waals surface area contributed by atoms with E-state index in [0.29, 0.717) is 25.3 Å². The molecule has 3 heterocycles. The van der Waals surface area contributed by atoms with Gasteiger partial charge in [-0.1, -0.05) is 12.1 Å². The van der Waals surface area contributed by atoms with Crippen molar-refractivity contribution in [2.45, 2.75) is 25.2 Å². The number of methoxy groups -OCH3 is 1. The van der Waals surface area contributed by atoms with Crippen LogP contribution in [0.3, 0.4) is 0 Å². The maximum absolute atomic E-state index is 11.5. The van der Waals surface area contributed by atoms with Crippen LogP contribution in [0.5, 0.6) is 5.75 Å². The average Bonchev–Trinajstić information content (AvgIpc) is 3.18. The summed E-state index contributed by atoms with van der Waals surface area (Å²) in [4.78, 5) is 17.7. The number of hydrogen-bond acceptors (Lipinski definition) is 7. The van der Waals surface area contributed by atoms with E-state index in [2.05, 4.69) is 14.6 Å². The zero-order chi connectivity index (χ0) is 19.5. The highest BCUT2D eigenvalue weighted by molar-refractivity contribution is 5.87. The molecule has 3 aromatic rings. The van der Waals surface area contributed by atoms with Crippen molar-refractivity contribution in [1.29, 1.82) is 0 Å². The van der Waals surface area contributed by atoms with Gasteiger partial charge in [0.25, 0.3) is 0 Å².